The Morgan fingerprint density at radius 3 is 2.48 bits per heavy atom. The van der Waals surface area contributed by atoms with Gasteiger partial charge < -0.3 is 14.8 Å². The van der Waals surface area contributed by atoms with Crippen LogP contribution in [-0.2, 0) is 21.9 Å². The number of allylic oxidation sites excluding steroid dienone is 1. The number of hydrogen-bond acceptors (Lipinski definition) is 7. The molecule has 5 rings (SSSR count). The quantitative estimate of drug-likeness (QED) is 0.165. The Kier molecular flexibility index (Phi) is 8.47. The Morgan fingerprint density at radius 1 is 1.05 bits per heavy atom. The van der Waals surface area contributed by atoms with E-state index < -0.39 is 12.0 Å². The van der Waals surface area contributed by atoms with Crippen LogP contribution in [0.25, 0.3) is 0 Å². The third-order valence-corrected chi connectivity index (χ3v) is 7.69. The lowest BCUT2D eigenvalue weighted by molar-refractivity contribution is -0.143. The molecular weight excluding hydrogens is 544 g/mol. The number of aromatic nitrogens is 3. The van der Waals surface area contributed by atoms with Gasteiger partial charge in [-0.2, -0.15) is 4.98 Å². The fourth-order valence-electron chi connectivity index (χ4n) is 4.40. The summed E-state index contributed by atoms with van der Waals surface area (Å²) in [5.41, 5.74) is 5.35. The van der Waals surface area contributed by atoms with E-state index in [1.807, 2.05) is 69.3 Å². The van der Waals surface area contributed by atoms with Crippen LogP contribution in [0, 0.1) is 6.92 Å². The molecule has 1 unspecified atom stereocenters. The van der Waals surface area contributed by atoms with Crippen molar-refractivity contribution in [3.05, 3.63) is 111 Å². The third kappa shape index (κ3) is 6.35. The maximum absolute atomic E-state index is 13.3. The molecule has 0 spiro atoms. The normalized spacial score (nSPS) is 14.6. The summed E-state index contributed by atoms with van der Waals surface area (Å²) >= 11 is 7.83. The Balaban J connectivity index is 1.42. The van der Waals surface area contributed by atoms with Crippen LogP contribution in [0.2, 0.25) is 5.02 Å². The highest BCUT2D eigenvalue weighted by Crippen LogP contribution is 2.38. The van der Waals surface area contributed by atoms with Crippen molar-refractivity contribution in [3.63, 3.8) is 0 Å². The predicted octanol–water partition coefficient (Wildman–Crippen LogP) is 7.35. The van der Waals surface area contributed by atoms with Crippen molar-refractivity contribution in [3.8, 4) is 5.75 Å². The number of fused-ring (bicyclic) bond motifs is 1. The fourth-order valence-corrected chi connectivity index (χ4v) is 5.51. The number of benzene rings is 3. The molecule has 0 amide bonds. The van der Waals surface area contributed by atoms with E-state index in [1.54, 1.807) is 4.68 Å². The van der Waals surface area contributed by atoms with Crippen molar-refractivity contribution in [1.29, 1.82) is 0 Å². The van der Waals surface area contributed by atoms with Crippen LogP contribution in [0.5, 0.6) is 5.75 Å². The van der Waals surface area contributed by atoms with Crippen molar-refractivity contribution < 1.29 is 14.3 Å². The molecule has 206 valence electrons. The number of nitrogens with zero attached hydrogens (tertiary/aromatic N) is 3. The van der Waals surface area contributed by atoms with Gasteiger partial charge in [0.25, 0.3) is 0 Å². The average molecular weight is 575 g/mol. The number of carbonyl (C=O) groups is 1. The van der Waals surface area contributed by atoms with E-state index in [2.05, 4.69) is 36.5 Å². The molecule has 2 heterocycles. The van der Waals surface area contributed by atoms with E-state index in [0.717, 1.165) is 22.4 Å². The van der Waals surface area contributed by atoms with Gasteiger partial charge in [-0.1, -0.05) is 83.5 Å². The van der Waals surface area contributed by atoms with Gasteiger partial charge in [0.05, 0.1) is 11.7 Å². The average Bonchev–Trinajstić information content (AvgIpc) is 3.34. The number of aryl methyl sites for hydroxylation is 1. The van der Waals surface area contributed by atoms with Gasteiger partial charge in [0.2, 0.25) is 11.1 Å². The van der Waals surface area contributed by atoms with E-state index >= 15 is 0 Å². The summed E-state index contributed by atoms with van der Waals surface area (Å²) in [7, 11) is 0. The zero-order valence-corrected chi connectivity index (χ0v) is 24.4. The standard InChI is InChI=1S/C31H31ClN4O3S/c1-19(2)39-29(37)27-21(4)33-30-34-31(40-18-24-7-5-6-8-26(24)32)35-36(30)28(27)23-13-15-25(16-14-23)38-17-22-11-9-20(3)10-12-22/h5-16,19,28H,17-18H2,1-4H3,(H,33,34,35). The van der Waals surface area contributed by atoms with E-state index in [4.69, 9.17) is 31.2 Å². The minimum absolute atomic E-state index is 0.259. The number of thioether (sulfide) groups is 1. The SMILES string of the molecule is CC1=C(C(=O)OC(C)C)C(c2ccc(OCc3ccc(C)cc3)cc2)n2nc(SCc3ccccc3Cl)nc2N1. The highest BCUT2D eigenvalue weighted by Gasteiger charge is 2.35. The lowest BCUT2D eigenvalue weighted by Crippen LogP contribution is -2.30. The number of carbonyl (C=O) groups excluding carboxylic acids is 1. The van der Waals surface area contributed by atoms with Crippen LogP contribution in [0.4, 0.5) is 5.95 Å². The predicted molar refractivity (Wildman–Crippen MR) is 159 cm³/mol. The summed E-state index contributed by atoms with van der Waals surface area (Å²) in [4.78, 5) is 18.0. The third-order valence-electron chi connectivity index (χ3n) is 6.43. The van der Waals surface area contributed by atoms with Crippen molar-refractivity contribution >= 4 is 35.3 Å². The summed E-state index contributed by atoms with van der Waals surface area (Å²) in [5, 5.41) is 9.33. The molecule has 1 aliphatic rings. The number of esters is 1. The lowest BCUT2D eigenvalue weighted by atomic mass is 9.95. The van der Waals surface area contributed by atoms with Gasteiger partial charge in [-0.15, -0.1) is 5.10 Å². The van der Waals surface area contributed by atoms with E-state index in [1.165, 1.54) is 17.3 Å². The molecule has 1 aliphatic heterocycles. The maximum Gasteiger partial charge on any atom is 0.338 e. The summed E-state index contributed by atoms with van der Waals surface area (Å²) in [6, 6.07) is 23.2. The second kappa shape index (κ2) is 12.2. The minimum Gasteiger partial charge on any atom is -0.489 e. The summed E-state index contributed by atoms with van der Waals surface area (Å²) in [5.74, 6) is 1.52. The first-order chi connectivity index (χ1) is 19.3. The van der Waals surface area contributed by atoms with Crippen molar-refractivity contribution in [2.75, 3.05) is 5.32 Å². The van der Waals surface area contributed by atoms with Crippen LogP contribution < -0.4 is 10.1 Å². The Labute approximate surface area is 243 Å². The summed E-state index contributed by atoms with van der Waals surface area (Å²) < 4.78 is 13.4. The van der Waals surface area contributed by atoms with Gasteiger partial charge >= 0.3 is 5.97 Å². The molecule has 0 radical (unpaired) electrons. The van der Waals surface area contributed by atoms with Crippen molar-refractivity contribution in [1.82, 2.24) is 14.8 Å². The topological polar surface area (TPSA) is 78.3 Å². The van der Waals surface area contributed by atoms with Crippen LogP contribution in [-0.4, -0.2) is 26.8 Å². The van der Waals surface area contributed by atoms with Gasteiger partial charge in [-0.3, -0.25) is 0 Å². The van der Waals surface area contributed by atoms with Gasteiger partial charge in [0.1, 0.15) is 18.4 Å². The smallest absolute Gasteiger partial charge is 0.338 e. The first kappa shape index (κ1) is 27.8. The van der Waals surface area contributed by atoms with E-state index in [0.29, 0.717) is 39.8 Å². The first-order valence-corrected chi connectivity index (χ1v) is 14.4. The molecule has 0 fully saturated rings. The molecule has 7 nitrogen and oxygen atoms in total. The molecule has 9 heteroatoms. The van der Waals surface area contributed by atoms with Gasteiger partial charge in [-0.25, -0.2) is 9.48 Å². The highest BCUT2D eigenvalue weighted by molar-refractivity contribution is 7.98. The highest BCUT2D eigenvalue weighted by atomic mass is 35.5. The van der Waals surface area contributed by atoms with E-state index in [-0.39, 0.29) is 6.10 Å². The number of ether oxygens (including phenoxy) is 2. The maximum atomic E-state index is 13.3. The van der Waals surface area contributed by atoms with Crippen LogP contribution in [0.15, 0.2) is 89.2 Å². The molecule has 0 aliphatic carbocycles. The van der Waals surface area contributed by atoms with Crippen molar-refractivity contribution in [2.45, 2.75) is 57.4 Å². The number of halogens is 1. The molecule has 3 aromatic carbocycles. The second-order valence-electron chi connectivity index (χ2n) is 9.91. The Bertz CT molecular complexity index is 1530. The monoisotopic (exact) mass is 574 g/mol. The summed E-state index contributed by atoms with van der Waals surface area (Å²) in [6.07, 6.45) is -0.259. The van der Waals surface area contributed by atoms with Crippen LogP contribution in [0.1, 0.15) is 49.1 Å². The first-order valence-electron chi connectivity index (χ1n) is 13.1. The Morgan fingerprint density at radius 2 is 1.77 bits per heavy atom. The number of anilines is 1. The fraction of sp³-hybridized carbons (Fsp3) is 0.258. The van der Waals surface area contributed by atoms with Gasteiger partial charge in [0, 0.05) is 16.5 Å². The molecule has 1 N–H and O–H groups in total. The lowest BCUT2D eigenvalue weighted by Gasteiger charge is -2.28. The molecule has 1 atom stereocenters. The zero-order valence-electron chi connectivity index (χ0n) is 22.8. The van der Waals surface area contributed by atoms with Crippen LogP contribution >= 0.6 is 23.4 Å². The van der Waals surface area contributed by atoms with Gasteiger partial charge in [-0.05, 0) is 62.6 Å². The zero-order chi connectivity index (χ0) is 28.2. The molecule has 40 heavy (non-hydrogen) atoms. The minimum atomic E-state index is -0.518. The second-order valence-corrected chi connectivity index (χ2v) is 11.3. The van der Waals surface area contributed by atoms with Crippen molar-refractivity contribution in [2.24, 2.45) is 0 Å². The largest absolute Gasteiger partial charge is 0.489 e. The van der Waals surface area contributed by atoms with E-state index in [9.17, 15) is 4.79 Å². The molecule has 0 saturated carbocycles. The number of hydrogen-bond donors (Lipinski definition) is 1. The Hall–Kier alpha value is -3.75. The number of rotatable bonds is 9. The molecule has 1 aromatic heterocycles. The summed E-state index contributed by atoms with van der Waals surface area (Å²) in [6.45, 7) is 8.06. The molecular formula is C31H31ClN4O3S. The molecule has 0 bridgehead atoms. The molecule has 0 saturated heterocycles. The van der Waals surface area contributed by atoms with Gasteiger partial charge in [0.15, 0.2) is 0 Å². The van der Waals surface area contributed by atoms with Crippen LogP contribution in [0.3, 0.4) is 0 Å². The molecule has 4 aromatic rings. The number of nitrogens with one attached hydrogen (secondary N) is 1.